The minimum Gasteiger partial charge on any atom is -0.341 e. The molecule has 4 rings (SSSR count). The van der Waals surface area contributed by atoms with Crippen molar-refractivity contribution in [2.24, 2.45) is 5.92 Å². The molecule has 2 aromatic carbocycles. The Balaban J connectivity index is 1.27. The van der Waals surface area contributed by atoms with Crippen molar-refractivity contribution in [3.63, 3.8) is 0 Å². The summed E-state index contributed by atoms with van der Waals surface area (Å²) in [5, 5.41) is 2.67. The maximum atomic E-state index is 13.6. The second kappa shape index (κ2) is 8.52. The molecule has 1 saturated heterocycles. The Kier molecular flexibility index (Phi) is 5.67. The molecule has 1 fully saturated rings. The number of imidazole rings is 1. The molecule has 0 saturated carbocycles. The Morgan fingerprint density at radius 3 is 2.89 bits per heavy atom. The quantitative estimate of drug-likeness (QED) is 0.669. The Morgan fingerprint density at radius 2 is 2.04 bits per heavy atom. The van der Waals surface area contributed by atoms with E-state index in [4.69, 9.17) is 0 Å². The molecular formula is C22H25FN4O. The minimum absolute atomic E-state index is 0.125. The van der Waals surface area contributed by atoms with Crippen LogP contribution in [0.1, 0.15) is 31.5 Å². The third-order valence-electron chi connectivity index (χ3n) is 5.34. The number of amides is 1. The third-order valence-corrected chi connectivity index (χ3v) is 5.34. The fourth-order valence-electron chi connectivity index (χ4n) is 3.93. The summed E-state index contributed by atoms with van der Waals surface area (Å²) < 4.78 is 13.6. The first-order chi connectivity index (χ1) is 13.7. The predicted molar refractivity (Wildman–Crippen MR) is 108 cm³/mol. The molecule has 1 atom stereocenters. The molecule has 1 aliphatic rings. The molecule has 0 aliphatic carbocycles. The van der Waals surface area contributed by atoms with Gasteiger partial charge in [-0.25, -0.2) is 9.37 Å². The van der Waals surface area contributed by atoms with Gasteiger partial charge >= 0.3 is 0 Å². The molecule has 2 N–H and O–H groups in total. The van der Waals surface area contributed by atoms with Crippen molar-refractivity contribution in [2.45, 2.75) is 32.2 Å². The number of aromatic amines is 1. The van der Waals surface area contributed by atoms with E-state index in [9.17, 15) is 9.18 Å². The molecule has 6 heteroatoms. The number of benzene rings is 2. The Bertz CT molecular complexity index is 921. The van der Waals surface area contributed by atoms with E-state index in [0.29, 0.717) is 12.3 Å². The summed E-state index contributed by atoms with van der Waals surface area (Å²) in [5.74, 6) is 0.939. The van der Waals surface area contributed by atoms with Crippen LogP contribution in [0.25, 0.3) is 11.0 Å². The molecule has 146 valence electrons. The molecule has 28 heavy (non-hydrogen) atoms. The van der Waals surface area contributed by atoms with E-state index >= 15 is 0 Å². The maximum absolute atomic E-state index is 13.6. The number of H-pyrrole nitrogens is 1. The summed E-state index contributed by atoms with van der Waals surface area (Å²) in [6.45, 7) is 2.81. The summed E-state index contributed by atoms with van der Waals surface area (Å²) in [7, 11) is 0. The molecule has 1 aliphatic heterocycles. The number of anilines is 1. The zero-order chi connectivity index (χ0) is 19.3. The van der Waals surface area contributed by atoms with Gasteiger partial charge in [-0.3, -0.25) is 9.69 Å². The molecular weight excluding hydrogens is 355 g/mol. The highest BCUT2D eigenvalue weighted by molar-refractivity contribution is 5.90. The summed E-state index contributed by atoms with van der Waals surface area (Å²) in [6, 6.07) is 14.3. The first-order valence-electron chi connectivity index (χ1n) is 9.88. The average molecular weight is 380 g/mol. The lowest BCUT2D eigenvalue weighted by Gasteiger charge is -2.32. The van der Waals surface area contributed by atoms with Gasteiger partial charge in [0.05, 0.1) is 23.3 Å². The summed E-state index contributed by atoms with van der Waals surface area (Å²) in [6.07, 6.45) is 3.48. The standard InChI is InChI=1S/C22H25FN4O/c23-17-7-1-2-8-18(17)26-22(28)12-11-16-6-5-13-27(14-16)15-21-24-19-9-3-4-10-20(19)25-21/h1-4,7-10,16H,5-6,11-15H2,(H,24,25)(H,26,28). The number of hydrogen-bond donors (Lipinski definition) is 2. The number of carbonyl (C=O) groups is 1. The maximum Gasteiger partial charge on any atom is 0.224 e. The highest BCUT2D eigenvalue weighted by Crippen LogP contribution is 2.23. The molecule has 0 radical (unpaired) electrons. The Labute approximate surface area is 164 Å². The number of nitrogens with zero attached hydrogens (tertiary/aromatic N) is 2. The minimum atomic E-state index is -0.398. The number of hydrogen-bond acceptors (Lipinski definition) is 3. The van der Waals surface area contributed by atoms with Crippen LogP contribution >= 0.6 is 0 Å². The average Bonchev–Trinajstić information content (AvgIpc) is 3.11. The number of likely N-dealkylation sites (tertiary alicyclic amines) is 1. The predicted octanol–water partition coefficient (Wildman–Crippen LogP) is 4.33. The van der Waals surface area contributed by atoms with Gasteiger partial charge < -0.3 is 10.3 Å². The molecule has 0 bridgehead atoms. The fraction of sp³-hybridized carbons (Fsp3) is 0.364. The van der Waals surface area contributed by atoms with Crippen molar-refractivity contribution in [3.05, 3.63) is 60.2 Å². The number of rotatable bonds is 6. The van der Waals surface area contributed by atoms with Gasteiger partial charge in [-0.15, -0.1) is 0 Å². The van der Waals surface area contributed by atoms with E-state index in [1.165, 1.54) is 6.07 Å². The number of carbonyl (C=O) groups excluding carboxylic acids is 1. The monoisotopic (exact) mass is 380 g/mol. The van der Waals surface area contributed by atoms with Crippen LogP contribution in [0.5, 0.6) is 0 Å². The van der Waals surface area contributed by atoms with E-state index < -0.39 is 5.82 Å². The first-order valence-corrected chi connectivity index (χ1v) is 9.88. The number of nitrogens with one attached hydrogen (secondary N) is 2. The third kappa shape index (κ3) is 4.57. The van der Waals surface area contributed by atoms with Crippen LogP contribution in [-0.2, 0) is 11.3 Å². The van der Waals surface area contributed by atoms with Crippen LogP contribution in [0.15, 0.2) is 48.5 Å². The molecule has 1 aromatic heterocycles. The second-order valence-electron chi connectivity index (χ2n) is 7.51. The van der Waals surface area contributed by atoms with Crippen LogP contribution in [0, 0.1) is 11.7 Å². The highest BCUT2D eigenvalue weighted by Gasteiger charge is 2.21. The molecule has 0 spiro atoms. The molecule has 1 amide bonds. The van der Waals surface area contributed by atoms with Crippen molar-refractivity contribution in [1.29, 1.82) is 0 Å². The van der Waals surface area contributed by atoms with Gasteiger partial charge in [0.15, 0.2) is 0 Å². The van der Waals surface area contributed by atoms with Gasteiger partial charge in [0.1, 0.15) is 11.6 Å². The highest BCUT2D eigenvalue weighted by atomic mass is 19.1. The lowest BCUT2D eigenvalue weighted by atomic mass is 9.93. The second-order valence-corrected chi connectivity index (χ2v) is 7.51. The first kappa shape index (κ1) is 18.6. The van der Waals surface area contributed by atoms with Gasteiger partial charge in [-0.1, -0.05) is 24.3 Å². The zero-order valence-corrected chi connectivity index (χ0v) is 15.8. The van der Waals surface area contributed by atoms with Crippen molar-refractivity contribution in [2.75, 3.05) is 18.4 Å². The van der Waals surface area contributed by atoms with E-state index in [1.54, 1.807) is 18.2 Å². The lowest BCUT2D eigenvalue weighted by Crippen LogP contribution is -2.35. The van der Waals surface area contributed by atoms with E-state index in [1.807, 2.05) is 24.3 Å². The van der Waals surface area contributed by atoms with Gasteiger partial charge in [0.25, 0.3) is 0 Å². The van der Waals surface area contributed by atoms with Crippen molar-refractivity contribution >= 4 is 22.6 Å². The Hall–Kier alpha value is -2.73. The fourth-order valence-corrected chi connectivity index (χ4v) is 3.93. The zero-order valence-electron chi connectivity index (χ0n) is 15.8. The number of para-hydroxylation sites is 3. The normalized spacial score (nSPS) is 17.7. The number of fused-ring (bicyclic) bond motifs is 1. The van der Waals surface area contributed by atoms with Crippen LogP contribution < -0.4 is 5.32 Å². The summed E-state index contributed by atoms with van der Waals surface area (Å²) in [5.41, 5.74) is 2.31. The largest absolute Gasteiger partial charge is 0.341 e. The molecule has 1 unspecified atom stereocenters. The summed E-state index contributed by atoms with van der Waals surface area (Å²) in [4.78, 5) is 22.6. The Morgan fingerprint density at radius 1 is 1.21 bits per heavy atom. The van der Waals surface area contributed by atoms with Gasteiger partial charge in [0.2, 0.25) is 5.91 Å². The summed E-state index contributed by atoms with van der Waals surface area (Å²) >= 11 is 0. The molecule has 2 heterocycles. The number of halogens is 1. The number of aromatic nitrogens is 2. The van der Waals surface area contributed by atoms with E-state index in [0.717, 1.165) is 55.8 Å². The lowest BCUT2D eigenvalue weighted by molar-refractivity contribution is -0.116. The van der Waals surface area contributed by atoms with Crippen molar-refractivity contribution in [1.82, 2.24) is 14.9 Å². The molecule has 3 aromatic rings. The van der Waals surface area contributed by atoms with E-state index in [2.05, 4.69) is 20.2 Å². The number of piperidine rings is 1. The van der Waals surface area contributed by atoms with Gasteiger partial charge in [-0.05, 0) is 56.0 Å². The van der Waals surface area contributed by atoms with Crippen LogP contribution in [-0.4, -0.2) is 33.9 Å². The van der Waals surface area contributed by atoms with Crippen molar-refractivity contribution < 1.29 is 9.18 Å². The van der Waals surface area contributed by atoms with Crippen LogP contribution in [0.3, 0.4) is 0 Å². The van der Waals surface area contributed by atoms with Crippen molar-refractivity contribution in [3.8, 4) is 0 Å². The van der Waals surface area contributed by atoms with Crippen LogP contribution in [0.4, 0.5) is 10.1 Å². The van der Waals surface area contributed by atoms with E-state index in [-0.39, 0.29) is 11.6 Å². The SMILES string of the molecule is O=C(CCC1CCCN(Cc2nc3ccccc3[nH]2)C1)Nc1ccccc1F. The molecule has 5 nitrogen and oxygen atoms in total. The van der Waals surface area contributed by atoms with Crippen LogP contribution in [0.2, 0.25) is 0 Å². The van der Waals surface area contributed by atoms with Gasteiger partial charge in [-0.2, -0.15) is 0 Å². The topological polar surface area (TPSA) is 61.0 Å². The smallest absolute Gasteiger partial charge is 0.224 e. The van der Waals surface area contributed by atoms with Gasteiger partial charge in [0, 0.05) is 13.0 Å².